The van der Waals surface area contributed by atoms with Crippen molar-refractivity contribution in [2.45, 2.75) is 26.7 Å². The molecule has 0 aliphatic carbocycles. The zero-order valence-corrected chi connectivity index (χ0v) is 9.75. The third-order valence-electron chi connectivity index (χ3n) is 1.93. The Bertz CT molecular complexity index is 432. The van der Waals surface area contributed by atoms with E-state index in [1.165, 1.54) is 19.1 Å². The van der Waals surface area contributed by atoms with Crippen molar-refractivity contribution in [2.24, 2.45) is 0 Å². The summed E-state index contributed by atoms with van der Waals surface area (Å²) in [6, 6.07) is 3.89. The van der Waals surface area contributed by atoms with E-state index >= 15 is 0 Å². The standard InChI is InChI=1S/C12H14FNO3/c1-3-4-12(16)17-11-6-5-9(7-10(11)13)14-8(2)15/h5-7H,3-4H2,1-2H3,(H,14,15). The third-order valence-corrected chi connectivity index (χ3v) is 1.93. The summed E-state index contributed by atoms with van der Waals surface area (Å²) in [6.45, 7) is 3.16. The Labute approximate surface area is 98.8 Å². The van der Waals surface area contributed by atoms with Crippen LogP contribution in [0.3, 0.4) is 0 Å². The molecule has 1 aromatic rings. The molecule has 0 aliphatic heterocycles. The van der Waals surface area contributed by atoms with E-state index in [1.807, 2.05) is 6.92 Å². The van der Waals surface area contributed by atoms with Gasteiger partial charge in [0.1, 0.15) is 0 Å². The van der Waals surface area contributed by atoms with Gasteiger partial charge in [-0.3, -0.25) is 9.59 Å². The van der Waals surface area contributed by atoms with Crippen LogP contribution >= 0.6 is 0 Å². The molecule has 1 N–H and O–H groups in total. The monoisotopic (exact) mass is 239 g/mol. The summed E-state index contributed by atoms with van der Waals surface area (Å²) >= 11 is 0. The van der Waals surface area contributed by atoms with Crippen molar-refractivity contribution in [3.8, 4) is 5.75 Å². The quantitative estimate of drug-likeness (QED) is 0.648. The van der Waals surface area contributed by atoms with Crippen molar-refractivity contribution in [2.75, 3.05) is 5.32 Å². The Balaban J connectivity index is 2.75. The summed E-state index contributed by atoms with van der Waals surface area (Å²) in [5.74, 6) is -1.57. The summed E-state index contributed by atoms with van der Waals surface area (Å²) in [7, 11) is 0. The van der Waals surface area contributed by atoms with Crippen molar-refractivity contribution in [3.05, 3.63) is 24.0 Å². The second kappa shape index (κ2) is 5.98. The van der Waals surface area contributed by atoms with Gasteiger partial charge in [0.05, 0.1) is 0 Å². The van der Waals surface area contributed by atoms with Gasteiger partial charge in [-0.05, 0) is 18.6 Å². The molecule has 0 atom stereocenters. The first-order chi connectivity index (χ1) is 8.02. The van der Waals surface area contributed by atoms with E-state index in [2.05, 4.69) is 5.32 Å². The Morgan fingerprint density at radius 2 is 2.12 bits per heavy atom. The number of hydrogen-bond donors (Lipinski definition) is 1. The molecule has 0 fully saturated rings. The van der Waals surface area contributed by atoms with Crippen molar-refractivity contribution in [3.63, 3.8) is 0 Å². The molecule has 0 saturated carbocycles. The van der Waals surface area contributed by atoms with E-state index in [4.69, 9.17) is 4.74 Å². The lowest BCUT2D eigenvalue weighted by molar-refractivity contribution is -0.134. The molecule has 0 spiro atoms. The number of amides is 1. The molecular weight excluding hydrogens is 225 g/mol. The largest absolute Gasteiger partial charge is 0.423 e. The summed E-state index contributed by atoms with van der Waals surface area (Å²) in [5.41, 5.74) is 0.324. The smallest absolute Gasteiger partial charge is 0.311 e. The molecule has 1 amide bonds. The number of rotatable bonds is 4. The van der Waals surface area contributed by atoms with Gasteiger partial charge in [0.25, 0.3) is 0 Å². The van der Waals surface area contributed by atoms with E-state index in [9.17, 15) is 14.0 Å². The predicted octanol–water partition coefficient (Wildman–Crippen LogP) is 2.49. The number of carbonyl (C=O) groups excluding carboxylic acids is 2. The number of esters is 1. The molecule has 5 heteroatoms. The van der Waals surface area contributed by atoms with Crippen LogP contribution in [0.1, 0.15) is 26.7 Å². The number of halogens is 1. The molecule has 4 nitrogen and oxygen atoms in total. The topological polar surface area (TPSA) is 55.4 Å². The third kappa shape index (κ3) is 4.22. The van der Waals surface area contributed by atoms with E-state index in [-0.39, 0.29) is 18.1 Å². The molecule has 17 heavy (non-hydrogen) atoms. The van der Waals surface area contributed by atoms with Gasteiger partial charge in [0.2, 0.25) is 5.91 Å². The van der Waals surface area contributed by atoms with Crippen LogP contribution in [0.4, 0.5) is 10.1 Å². The van der Waals surface area contributed by atoms with Crippen molar-refractivity contribution < 1.29 is 18.7 Å². The Hall–Kier alpha value is -1.91. The average Bonchev–Trinajstić information content (AvgIpc) is 2.21. The Kier molecular flexibility index (Phi) is 4.63. The van der Waals surface area contributed by atoms with E-state index in [0.717, 1.165) is 6.07 Å². The number of nitrogens with one attached hydrogen (secondary N) is 1. The van der Waals surface area contributed by atoms with Crippen LogP contribution in [-0.4, -0.2) is 11.9 Å². The molecule has 0 radical (unpaired) electrons. The highest BCUT2D eigenvalue weighted by atomic mass is 19.1. The first-order valence-electron chi connectivity index (χ1n) is 5.30. The fourth-order valence-electron chi connectivity index (χ4n) is 1.24. The lowest BCUT2D eigenvalue weighted by Crippen LogP contribution is -2.09. The highest BCUT2D eigenvalue weighted by molar-refractivity contribution is 5.88. The minimum absolute atomic E-state index is 0.127. The second-order valence-corrected chi connectivity index (χ2v) is 3.55. The molecule has 92 valence electrons. The van der Waals surface area contributed by atoms with Gasteiger partial charge in [0, 0.05) is 25.1 Å². The number of carbonyl (C=O) groups is 2. The molecular formula is C12H14FNO3. The minimum Gasteiger partial charge on any atom is -0.423 e. The molecule has 0 unspecified atom stereocenters. The average molecular weight is 239 g/mol. The van der Waals surface area contributed by atoms with Crippen LogP contribution in [0.15, 0.2) is 18.2 Å². The molecule has 0 bridgehead atoms. The van der Waals surface area contributed by atoms with Crippen molar-refractivity contribution >= 4 is 17.6 Å². The van der Waals surface area contributed by atoms with Gasteiger partial charge in [-0.15, -0.1) is 0 Å². The highest BCUT2D eigenvalue weighted by Gasteiger charge is 2.09. The van der Waals surface area contributed by atoms with Crippen LogP contribution in [0, 0.1) is 5.82 Å². The highest BCUT2D eigenvalue weighted by Crippen LogP contribution is 2.21. The fraction of sp³-hybridized carbons (Fsp3) is 0.333. The summed E-state index contributed by atoms with van der Waals surface area (Å²) in [4.78, 5) is 21.9. The van der Waals surface area contributed by atoms with Crippen molar-refractivity contribution in [1.29, 1.82) is 0 Å². The van der Waals surface area contributed by atoms with Crippen LogP contribution in [0.5, 0.6) is 5.75 Å². The molecule has 1 aromatic carbocycles. The van der Waals surface area contributed by atoms with Crippen LogP contribution in [-0.2, 0) is 9.59 Å². The predicted molar refractivity (Wildman–Crippen MR) is 61.2 cm³/mol. The number of anilines is 1. The lowest BCUT2D eigenvalue weighted by Gasteiger charge is -2.07. The normalized spacial score (nSPS) is 9.82. The van der Waals surface area contributed by atoms with E-state index in [1.54, 1.807) is 0 Å². The number of hydrogen-bond acceptors (Lipinski definition) is 3. The van der Waals surface area contributed by atoms with Gasteiger partial charge < -0.3 is 10.1 Å². The second-order valence-electron chi connectivity index (χ2n) is 3.55. The molecule has 0 aliphatic rings. The molecule has 0 heterocycles. The molecule has 0 saturated heterocycles. The van der Waals surface area contributed by atoms with E-state index < -0.39 is 11.8 Å². The Morgan fingerprint density at radius 3 is 2.65 bits per heavy atom. The zero-order chi connectivity index (χ0) is 12.8. The fourth-order valence-corrected chi connectivity index (χ4v) is 1.24. The maximum absolute atomic E-state index is 13.5. The lowest BCUT2D eigenvalue weighted by atomic mass is 10.3. The SMILES string of the molecule is CCCC(=O)Oc1ccc(NC(C)=O)cc1F. The van der Waals surface area contributed by atoms with Crippen molar-refractivity contribution in [1.82, 2.24) is 0 Å². The van der Waals surface area contributed by atoms with Crippen LogP contribution in [0.2, 0.25) is 0 Å². The van der Waals surface area contributed by atoms with Gasteiger partial charge >= 0.3 is 5.97 Å². The summed E-state index contributed by atoms with van der Waals surface area (Å²) < 4.78 is 18.3. The number of ether oxygens (including phenoxy) is 1. The van der Waals surface area contributed by atoms with E-state index in [0.29, 0.717) is 12.1 Å². The van der Waals surface area contributed by atoms with Gasteiger partial charge in [-0.2, -0.15) is 0 Å². The molecule has 0 aromatic heterocycles. The Morgan fingerprint density at radius 1 is 1.41 bits per heavy atom. The summed E-state index contributed by atoms with van der Waals surface area (Å²) in [6.07, 6.45) is 0.886. The van der Waals surface area contributed by atoms with Gasteiger partial charge in [0.15, 0.2) is 11.6 Å². The van der Waals surface area contributed by atoms with Gasteiger partial charge in [-0.25, -0.2) is 4.39 Å². The molecule has 1 rings (SSSR count). The first-order valence-corrected chi connectivity index (χ1v) is 5.30. The number of benzene rings is 1. The first kappa shape index (κ1) is 13.2. The van der Waals surface area contributed by atoms with Crippen LogP contribution in [0.25, 0.3) is 0 Å². The maximum Gasteiger partial charge on any atom is 0.311 e. The zero-order valence-electron chi connectivity index (χ0n) is 9.75. The van der Waals surface area contributed by atoms with Crippen LogP contribution < -0.4 is 10.1 Å². The summed E-state index contributed by atoms with van der Waals surface area (Å²) in [5, 5.41) is 2.43. The minimum atomic E-state index is -0.680. The van der Waals surface area contributed by atoms with Gasteiger partial charge in [-0.1, -0.05) is 6.92 Å². The maximum atomic E-state index is 13.5.